The Balaban J connectivity index is 0.00000114. The first-order valence-electron chi connectivity index (χ1n) is 36.7. The highest BCUT2D eigenvalue weighted by Gasteiger charge is 2.25. The number of ketones is 5. The Morgan fingerprint density at radius 1 is 0.540 bits per heavy atom. The molecule has 0 spiro atoms. The van der Waals surface area contributed by atoms with Gasteiger partial charge in [0.1, 0.15) is 11.6 Å². The normalized spacial score (nSPS) is 12.7. The van der Waals surface area contributed by atoms with Gasteiger partial charge in [0.05, 0.1) is 36.7 Å². The number of aryl methyl sites for hydroxylation is 1. The molecule has 0 heterocycles. The minimum absolute atomic E-state index is 0.0456. The fraction of sp³-hybridized carbons (Fsp3) is 0.570. The quantitative estimate of drug-likeness (QED) is 0.0217. The molecule has 3 aliphatic carbocycles. The standard InChI is InChI=1S/C15H18O.C13H18O4.C13H14O.C13H26O.C11H18O.C10H14O2S.C6H12.C5H12O2S/c1-11(2)15(16)10-9-13-8-7-12-5-3-4-6-14(12)13;1-8(2)12(14)9-6-10(15-3)13(17-5)11(7-9)16-4;1-9(2)13(14)12-8-7-10-5-3-4-6-11(10)12;1-4-5-6-7-8-9-10-11-13(14)12(2)3;1-9(2)6-5-7-10(3)8-11(4)12;1-8(2)13(11,12)10-6-4-9(3)5-7-10;1-5(2)6-3-4-6;1-4-8(6,7)5(2)3/h3-6,8,11H,7,9-10H2,1-2H3;6-8H,1-5H3;3-6,8-9H,7H2,1-2H3;12H,4-11H2,1-3H3;6,8H,5,7H2,1-4H3;4-8H,1-3H3;5-6H,3-4H2,1-2H3;5H,4H2,1-3H3/b;;;;10-8+;;;. The molecule has 7 rings (SSSR count). The number of benzene rings is 4. The summed E-state index contributed by atoms with van der Waals surface area (Å²) in [6.07, 6.45) is 26.6. The van der Waals surface area contributed by atoms with E-state index in [9.17, 15) is 40.8 Å². The van der Waals surface area contributed by atoms with Gasteiger partial charge in [-0.2, -0.15) is 0 Å². The molecule has 14 heteroatoms. The molecule has 0 bridgehead atoms. The van der Waals surface area contributed by atoms with Gasteiger partial charge in [0.15, 0.2) is 48.5 Å². The van der Waals surface area contributed by atoms with Gasteiger partial charge in [0.2, 0.25) is 5.75 Å². The summed E-state index contributed by atoms with van der Waals surface area (Å²) in [6, 6.07) is 26.9. The monoisotopic (exact) mass is 1420 g/mol. The Morgan fingerprint density at radius 3 is 1.43 bits per heavy atom. The van der Waals surface area contributed by atoms with E-state index in [2.05, 4.69) is 77.1 Å². The van der Waals surface area contributed by atoms with E-state index in [0.717, 1.165) is 73.5 Å². The first-order valence-corrected chi connectivity index (χ1v) is 40.0. The van der Waals surface area contributed by atoms with Crippen molar-refractivity contribution in [3.63, 3.8) is 0 Å². The predicted octanol–water partition coefficient (Wildman–Crippen LogP) is 21.7. The summed E-state index contributed by atoms with van der Waals surface area (Å²) in [5.41, 5.74) is 11.6. The van der Waals surface area contributed by atoms with E-state index in [1.165, 1.54) is 106 Å². The van der Waals surface area contributed by atoms with Gasteiger partial charge in [0, 0.05) is 53.4 Å². The highest BCUT2D eigenvalue weighted by molar-refractivity contribution is 7.92. The minimum atomic E-state index is -3.09. The van der Waals surface area contributed by atoms with Crippen LogP contribution < -0.4 is 14.2 Å². The molecular weight excluding hydrogens is 1290 g/mol. The number of rotatable bonds is 29. The van der Waals surface area contributed by atoms with Gasteiger partial charge >= 0.3 is 0 Å². The average Bonchev–Trinajstić information content (AvgIpc) is 1.39. The zero-order valence-corrected chi connectivity index (χ0v) is 67.9. The lowest BCUT2D eigenvalue weighted by molar-refractivity contribution is -0.122. The van der Waals surface area contributed by atoms with E-state index >= 15 is 0 Å². The van der Waals surface area contributed by atoms with Crippen LogP contribution >= 0.6 is 0 Å². The molecule has 560 valence electrons. The lowest BCUT2D eigenvalue weighted by atomic mass is 9.96. The average molecular weight is 1420 g/mol. The third kappa shape index (κ3) is 37.4. The van der Waals surface area contributed by atoms with Gasteiger partial charge in [-0.1, -0.05) is 217 Å². The van der Waals surface area contributed by atoms with Crippen LogP contribution in [0.1, 0.15) is 267 Å². The summed E-state index contributed by atoms with van der Waals surface area (Å²) >= 11 is 0. The van der Waals surface area contributed by atoms with E-state index in [4.69, 9.17) is 14.2 Å². The predicted molar refractivity (Wildman–Crippen MR) is 422 cm³/mol. The first kappa shape index (κ1) is 93.5. The van der Waals surface area contributed by atoms with Gasteiger partial charge < -0.3 is 14.2 Å². The van der Waals surface area contributed by atoms with Crippen molar-refractivity contribution >= 4 is 59.7 Å². The van der Waals surface area contributed by atoms with Crippen molar-refractivity contribution in [2.75, 3.05) is 27.1 Å². The van der Waals surface area contributed by atoms with Crippen molar-refractivity contribution in [1.29, 1.82) is 0 Å². The van der Waals surface area contributed by atoms with E-state index in [1.807, 2.05) is 106 Å². The number of carbonyl (C=O) groups is 5. The van der Waals surface area contributed by atoms with Crippen LogP contribution in [0.5, 0.6) is 17.2 Å². The molecule has 100 heavy (non-hydrogen) atoms. The van der Waals surface area contributed by atoms with E-state index < -0.39 is 19.7 Å². The second kappa shape index (κ2) is 50.0. The lowest BCUT2D eigenvalue weighted by Crippen LogP contribution is -2.15. The summed E-state index contributed by atoms with van der Waals surface area (Å²) in [5.74, 6) is 5.47. The molecule has 1 saturated carbocycles. The van der Waals surface area contributed by atoms with Crippen molar-refractivity contribution < 1.29 is 55.0 Å². The molecule has 0 saturated heterocycles. The fourth-order valence-corrected chi connectivity index (χ4v) is 11.9. The van der Waals surface area contributed by atoms with Gasteiger partial charge in [-0.3, -0.25) is 24.0 Å². The number of hydrogen-bond donors (Lipinski definition) is 0. The van der Waals surface area contributed by atoms with Crippen LogP contribution in [0.2, 0.25) is 0 Å². The van der Waals surface area contributed by atoms with Crippen LogP contribution in [-0.2, 0) is 51.7 Å². The molecule has 0 unspecified atom stereocenters. The Labute approximate surface area is 608 Å². The molecule has 0 aliphatic heterocycles. The van der Waals surface area contributed by atoms with Gasteiger partial charge in [0.25, 0.3) is 0 Å². The second-order valence-electron chi connectivity index (χ2n) is 28.5. The number of carbonyl (C=O) groups excluding carboxylic acids is 5. The maximum absolute atomic E-state index is 11.9. The fourth-order valence-electron chi connectivity index (χ4n) is 10.2. The van der Waals surface area contributed by atoms with Crippen molar-refractivity contribution in [3.8, 4) is 17.2 Å². The molecule has 0 atom stereocenters. The van der Waals surface area contributed by atoms with Crippen molar-refractivity contribution in [3.05, 3.63) is 154 Å². The van der Waals surface area contributed by atoms with Crippen molar-refractivity contribution in [1.82, 2.24) is 0 Å². The third-order valence-corrected chi connectivity index (χ3v) is 21.6. The molecule has 0 N–H and O–H groups in total. The Kier molecular flexibility index (Phi) is 46.7. The number of fused-ring (bicyclic) bond motifs is 2. The van der Waals surface area contributed by atoms with Gasteiger partial charge in [-0.15, -0.1) is 0 Å². The molecule has 3 aliphatic rings. The van der Waals surface area contributed by atoms with Gasteiger partial charge in [-0.05, 0) is 184 Å². The van der Waals surface area contributed by atoms with Crippen LogP contribution in [0.25, 0.3) is 11.1 Å². The Morgan fingerprint density at radius 2 is 1.02 bits per heavy atom. The van der Waals surface area contributed by atoms with Crippen LogP contribution in [0.4, 0.5) is 0 Å². The Bertz CT molecular complexity index is 3430. The third-order valence-electron chi connectivity index (χ3n) is 17.2. The minimum Gasteiger partial charge on any atom is -0.493 e. The topological polar surface area (TPSA) is 181 Å². The maximum atomic E-state index is 11.9. The summed E-state index contributed by atoms with van der Waals surface area (Å²) < 4.78 is 60.3. The Hall–Kier alpha value is -6.51. The molecule has 0 radical (unpaired) electrons. The molecular formula is C86H132O12S2. The zero-order valence-electron chi connectivity index (χ0n) is 66.2. The molecule has 0 amide bonds. The van der Waals surface area contributed by atoms with Crippen LogP contribution in [0.3, 0.4) is 0 Å². The number of hydrogen-bond acceptors (Lipinski definition) is 12. The highest BCUT2D eigenvalue weighted by Crippen LogP contribution is 2.39. The largest absolute Gasteiger partial charge is 0.493 e. The highest BCUT2D eigenvalue weighted by atomic mass is 32.2. The number of methoxy groups -OCH3 is 3. The van der Waals surface area contributed by atoms with Crippen LogP contribution in [0.15, 0.2) is 125 Å². The molecule has 4 aromatic rings. The molecule has 12 nitrogen and oxygen atoms in total. The number of ether oxygens (including phenoxy) is 3. The molecule has 1 fully saturated rings. The molecule has 4 aromatic carbocycles. The lowest BCUT2D eigenvalue weighted by Gasteiger charge is -2.14. The van der Waals surface area contributed by atoms with Crippen molar-refractivity contribution in [2.45, 2.75) is 264 Å². The second-order valence-corrected chi connectivity index (χ2v) is 33.9. The van der Waals surface area contributed by atoms with Crippen LogP contribution in [0, 0.1) is 42.4 Å². The van der Waals surface area contributed by atoms with Crippen LogP contribution in [-0.4, -0.2) is 83.3 Å². The SMILES string of the molecule is CC(=O)/C=C(\C)CCC=C(C)C.CC(C)C(=O)C1=CCc2ccccc21.CC(C)C(=O)CCC1=CCc2ccccc21.CC(C)C1CC1.CCCCCCCCCC(=O)C(C)C.CCS(=O)(=O)C(C)C.COc1cc(C(=O)C(C)C)cc(OC)c1OC.Cc1ccc(S(=O)(=O)C(C)C)cc1. The summed E-state index contributed by atoms with van der Waals surface area (Å²) in [6.45, 7) is 40.5. The number of allylic oxidation sites excluding steroid dienone is 8. The van der Waals surface area contributed by atoms with E-state index in [0.29, 0.717) is 45.7 Å². The summed E-state index contributed by atoms with van der Waals surface area (Å²) in [4.78, 5) is 57.7. The molecule has 0 aromatic heterocycles. The number of unbranched alkanes of at least 4 members (excludes halogenated alkanes) is 6. The number of sulfone groups is 2. The zero-order chi connectivity index (χ0) is 76.5. The van der Waals surface area contributed by atoms with Gasteiger partial charge in [-0.25, -0.2) is 16.8 Å². The summed E-state index contributed by atoms with van der Waals surface area (Å²) in [5, 5.41) is -0.567. The van der Waals surface area contributed by atoms with E-state index in [1.54, 1.807) is 71.9 Å². The smallest absolute Gasteiger partial charge is 0.203 e. The number of Topliss-reactive ketones (excluding diaryl/α,β-unsaturated/α-hetero) is 4. The van der Waals surface area contributed by atoms with Crippen molar-refractivity contribution in [2.24, 2.45) is 35.5 Å². The maximum Gasteiger partial charge on any atom is 0.203 e. The summed E-state index contributed by atoms with van der Waals surface area (Å²) in [7, 11) is -1.24. The van der Waals surface area contributed by atoms with E-state index in [-0.39, 0.29) is 57.3 Å². The first-order chi connectivity index (χ1) is 46.9.